The summed E-state index contributed by atoms with van der Waals surface area (Å²) < 4.78 is 5.07. The van der Waals surface area contributed by atoms with Gasteiger partial charge in [0, 0.05) is 6.92 Å². The monoisotopic (exact) mass is 306 g/mol. The van der Waals surface area contributed by atoms with Crippen LogP contribution >= 0.6 is 0 Å². The van der Waals surface area contributed by atoms with Crippen LogP contribution in [0.2, 0.25) is 0 Å². The molecule has 0 spiro atoms. The van der Waals surface area contributed by atoms with Crippen LogP contribution in [0.3, 0.4) is 0 Å². The molecule has 0 unspecified atom stereocenters. The van der Waals surface area contributed by atoms with Gasteiger partial charge in [-0.05, 0) is 11.5 Å². The molecule has 0 heterocycles. The van der Waals surface area contributed by atoms with Crippen LogP contribution in [0.25, 0.3) is 0 Å². The molecule has 0 saturated carbocycles. The summed E-state index contributed by atoms with van der Waals surface area (Å²) in [7, 11) is 0. The average molecular weight is 306 g/mol. The van der Waals surface area contributed by atoms with Gasteiger partial charge in [-0.25, -0.2) is 0 Å². The van der Waals surface area contributed by atoms with Gasteiger partial charge in [-0.3, -0.25) is 25.2 Å². The summed E-state index contributed by atoms with van der Waals surface area (Å²) in [4.78, 5) is 34.4. The molecular formula is C16H22N2O4. The molecule has 1 rings (SSSR count). The zero-order valence-electron chi connectivity index (χ0n) is 13.1. The van der Waals surface area contributed by atoms with E-state index >= 15 is 0 Å². The van der Waals surface area contributed by atoms with Crippen molar-refractivity contribution in [1.29, 1.82) is 0 Å². The predicted octanol–water partition coefficient (Wildman–Crippen LogP) is 1.53. The Balaban J connectivity index is 2.66. The van der Waals surface area contributed by atoms with Crippen LogP contribution in [0.1, 0.15) is 38.7 Å². The van der Waals surface area contributed by atoms with Crippen molar-refractivity contribution in [3.63, 3.8) is 0 Å². The first-order valence-corrected chi connectivity index (χ1v) is 7.22. The van der Waals surface area contributed by atoms with E-state index in [1.807, 2.05) is 44.2 Å². The Labute approximate surface area is 130 Å². The van der Waals surface area contributed by atoms with Gasteiger partial charge in [0.05, 0.1) is 5.92 Å². The fraction of sp³-hybridized carbons (Fsp3) is 0.438. The fourth-order valence-corrected chi connectivity index (χ4v) is 2.01. The second-order valence-corrected chi connectivity index (χ2v) is 5.11. The van der Waals surface area contributed by atoms with E-state index in [2.05, 4.69) is 10.9 Å². The highest BCUT2D eigenvalue weighted by Gasteiger charge is 2.27. The van der Waals surface area contributed by atoms with Gasteiger partial charge in [-0.15, -0.1) is 0 Å². The second-order valence-electron chi connectivity index (χ2n) is 5.11. The highest BCUT2D eigenvalue weighted by Crippen LogP contribution is 2.28. The Bertz CT molecular complexity index is 516. The van der Waals surface area contributed by atoms with Gasteiger partial charge in [0.2, 0.25) is 5.91 Å². The molecule has 2 N–H and O–H groups in total. The maximum atomic E-state index is 12.3. The highest BCUT2D eigenvalue weighted by molar-refractivity contribution is 5.85. The van der Waals surface area contributed by atoms with Crippen molar-refractivity contribution in [3.8, 4) is 0 Å². The normalized spacial score (nSPS) is 12.9. The highest BCUT2D eigenvalue weighted by atomic mass is 16.5. The van der Waals surface area contributed by atoms with Gasteiger partial charge in [-0.2, -0.15) is 0 Å². The molecule has 1 aromatic rings. The van der Waals surface area contributed by atoms with Gasteiger partial charge in [0.15, 0.2) is 6.61 Å². The zero-order valence-corrected chi connectivity index (χ0v) is 13.1. The number of carbonyl (C=O) groups is 3. The molecule has 2 atom stereocenters. The Morgan fingerprint density at radius 3 is 2.32 bits per heavy atom. The van der Waals surface area contributed by atoms with Gasteiger partial charge < -0.3 is 4.74 Å². The maximum Gasteiger partial charge on any atom is 0.314 e. The van der Waals surface area contributed by atoms with E-state index in [0.29, 0.717) is 0 Å². The van der Waals surface area contributed by atoms with Gasteiger partial charge in [0.1, 0.15) is 0 Å². The Morgan fingerprint density at radius 1 is 1.14 bits per heavy atom. The van der Waals surface area contributed by atoms with E-state index in [9.17, 15) is 14.4 Å². The largest absolute Gasteiger partial charge is 0.455 e. The van der Waals surface area contributed by atoms with Crippen molar-refractivity contribution in [2.45, 2.75) is 33.1 Å². The summed E-state index contributed by atoms with van der Waals surface area (Å²) in [6.45, 7) is 4.80. The zero-order chi connectivity index (χ0) is 16.5. The molecule has 0 saturated heterocycles. The van der Waals surface area contributed by atoms with Crippen LogP contribution in [-0.4, -0.2) is 24.4 Å². The summed E-state index contributed by atoms with van der Waals surface area (Å²) in [5.41, 5.74) is 5.14. The standard InChI is InChI=1S/C16H22N2O4/c1-4-11(2)15(13-8-6-5-7-9-13)16(21)22-10-14(20)18-17-12(3)19/h5-9,11,15H,4,10H2,1-3H3,(H,17,19)(H,18,20)/t11-,15+/m0/s1. The third-order valence-electron chi connectivity index (χ3n) is 3.35. The van der Waals surface area contributed by atoms with Crippen molar-refractivity contribution >= 4 is 17.8 Å². The number of nitrogens with one attached hydrogen (secondary N) is 2. The first-order valence-electron chi connectivity index (χ1n) is 7.22. The van der Waals surface area contributed by atoms with Crippen LogP contribution in [0.5, 0.6) is 0 Å². The summed E-state index contributed by atoms with van der Waals surface area (Å²) >= 11 is 0. The number of amides is 2. The number of esters is 1. The first-order chi connectivity index (χ1) is 10.5. The molecule has 0 aliphatic rings. The quantitative estimate of drug-likeness (QED) is 0.616. The summed E-state index contributed by atoms with van der Waals surface area (Å²) in [5, 5.41) is 0. The molecule has 0 fully saturated rings. The smallest absolute Gasteiger partial charge is 0.314 e. The molecule has 1 aromatic carbocycles. The van der Waals surface area contributed by atoms with E-state index in [-0.39, 0.29) is 5.92 Å². The van der Waals surface area contributed by atoms with Crippen LogP contribution in [0.4, 0.5) is 0 Å². The summed E-state index contributed by atoms with van der Waals surface area (Å²) in [6.07, 6.45) is 0.812. The molecule has 2 amide bonds. The molecule has 0 radical (unpaired) electrons. The SMILES string of the molecule is CC[C@H](C)[C@@H](C(=O)OCC(=O)NNC(C)=O)c1ccccc1. The number of hydrazine groups is 1. The van der Waals surface area contributed by atoms with E-state index in [0.717, 1.165) is 12.0 Å². The van der Waals surface area contributed by atoms with E-state index < -0.39 is 30.3 Å². The molecule has 0 aliphatic heterocycles. The number of rotatable bonds is 6. The minimum atomic E-state index is -0.584. The van der Waals surface area contributed by atoms with Crippen LogP contribution in [-0.2, 0) is 19.1 Å². The third kappa shape index (κ3) is 5.55. The molecular weight excluding hydrogens is 284 g/mol. The molecule has 6 heteroatoms. The molecule has 0 bridgehead atoms. The molecule has 0 aromatic heterocycles. The number of carbonyl (C=O) groups excluding carboxylic acids is 3. The van der Waals surface area contributed by atoms with Crippen LogP contribution in [0, 0.1) is 5.92 Å². The van der Waals surface area contributed by atoms with Crippen LogP contribution < -0.4 is 10.9 Å². The minimum absolute atomic E-state index is 0.0910. The lowest BCUT2D eigenvalue weighted by atomic mass is 9.86. The molecule has 22 heavy (non-hydrogen) atoms. The number of hydrogen-bond acceptors (Lipinski definition) is 4. The lowest BCUT2D eigenvalue weighted by molar-refractivity contribution is -0.151. The van der Waals surface area contributed by atoms with Crippen molar-refractivity contribution in [1.82, 2.24) is 10.9 Å². The van der Waals surface area contributed by atoms with Gasteiger partial charge in [-0.1, -0.05) is 50.6 Å². The molecule has 6 nitrogen and oxygen atoms in total. The predicted molar refractivity (Wildman–Crippen MR) is 81.6 cm³/mol. The first kappa shape index (κ1) is 17.7. The van der Waals surface area contributed by atoms with Crippen molar-refractivity contribution in [2.24, 2.45) is 5.92 Å². The minimum Gasteiger partial charge on any atom is -0.455 e. The van der Waals surface area contributed by atoms with E-state index in [1.165, 1.54) is 6.92 Å². The van der Waals surface area contributed by atoms with E-state index in [1.54, 1.807) is 0 Å². The average Bonchev–Trinajstić information content (AvgIpc) is 2.51. The third-order valence-corrected chi connectivity index (χ3v) is 3.35. The fourth-order valence-electron chi connectivity index (χ4n) is 2.01. The summed E-state index contributed by atoms with van der Waals surface area (Å²) in [5.74, 6) is -1.76. The Morgan fingerprint density at radius 2 is 1.77 bits per heavy atom. The van der Waals surface area contributed by atoms with Gasteiger partial charge in [0.25, 0.3) is 5.91 Å². The number of hydrogen-bond donors (Lipinski definition) is 2. The molecule has 0 aliphatic carbocycles. The summed E-state index contributed by atoms with van der Waals surface area (Å²) in [6, 6.07) is 9.34. The topological polar surface area (TPSA) is 84.5 Å². The van der Waals surface area contributed by atoms with Crippen LogP contribution in [0.15, 0.2) is 30.3 Å². The second kappa shape index (κ2) is 8.81. The number of benzene rings is 1. The van der Waals surface area contributed by atoms with E-state index in [4.69, 9.17) is 4.74 Å². The molecule has 120 valence electrons. The Hall–Kier alpha value is -2.37. The lowest BCUT2D eigenvalue weighted by Crippen LogP contribution is -2.42. The van der Waals surface area contributed by atoms with Crippen molar-refractivity contribution < 1.29 is 19.1 Å². The Kier molecular flexibility index (Phi) is 7.08. The number of ether oxygens (including phenoxy) is 1. The maximum absolute atomic E-state index is 12.3. The van der Waals surface area contributed by atoms with Gasteiger partial charge >= 0.3 is 5.97 Å². The van der Waals surface area contributed by atoms with Crippen molar-refractivity contribution in [2.75, 3.05) is 6.61 Å². The van der Waals surface area contributed by atoms with Crippen molar-refractivity contribution in [3.05, 3.63) is 35.9 Å². The lowest BCUT2D eigenvalue weighted by Gasteiger charge is -2.21.